The van der Waals surface area contributed by atoms with Crippen LogP contribution >= 0.6 is 0 Å². The largest absolute Gasteiger partial charge is 0.508 e. The van der Waals surface area contributed by atoms with Crippen molar-refractivity contribution in [2.75, 3.05) is 0 Å². The first kappa shape index (κ1) is 6.01. The van der Waals surface area contributed by atoms with Gasteiger partial charge >= 0.3 is 6.16 Å². The molecule has 2 rings (SSSR count). The number of rotatable bonds is 0. The second-order valence-electron chi connectivity index (χ2n) is 3.09. The van der Waals surface area contributed by atoms with E-state index in [1.165, 1.54) is 0 Å². The molecule has 0 aromatic rings. The van der Waals surface area contributed by atoms with Gasteiger partial charge in [-0.15, -0.1) is 0 Å². The predicted octanol–water partition coefficient (Wildman–Crippen LogP) is 1.32. The van der Waals surface area contributed by atoms with Crippen molar-refractivity contribution in [2.45, 2.75) is 32.0 Å². The van der Waals surface area contributed by atoms with Gasteiger partial charge in [-0.3, -0.25) is 0 Å². The minimum absolute atomic E-state index is 0.131. The van der Waals surface area contributed by atoms with E-state index < -0.39 is 6.16 Å². The van der Waals surface area contributed by atoms with Gasteiger partial charge in [-0.2, -0.15) is 0 Å². The van der Waals surface area contributed by atoms with Gasteiger partial charge in [0.15, 0.2) is 0 Å². The third-order valence-corrected chi connectivity index (χ3v) is 2.28. The Morgan fingerprint density at radius 3 is 2.90 bits per heavy atom. The molecular formula is C7H10O3. The Morgan fingerprint density at radius 1 is 1.40 bits per heavy atom. The van der Waals surface area contributed by atoms with E-state index in [9.17, 15) is 4.79 Å². The van der Waals surface area contributed by atoms with Crippen LogP contribution in [0.1, 0.15) is 19.8 Å². The molecule has 0 aromatic heterocycles. The van der Waals surface area contributed by atoms with Gasteiger partial charge in [0.1, 0.15) is 12.2 Å². The second-order valence-corrected chi connectivity index (χ2v) is 3.09. The Hall–Kier alpha value is -0.730. The van der Waals surface area contributed by atoms with Crippen LogP contribution in [0.15, 0.2) is 0 Å². The standard InChI is InChI=1S/C7H10O3/c1-4-2-5-3-6(4)10-7(8)9-5/h4-6H,2-3H2,1H3. The van der Waals surface area contributed by atoms with Crippen molar-refractivity contribution in [2.24, 2.45) is 5.92 Å². The maximum atomic E-state index is 10.6. The molecule has 0 amide bonds. The van der Waals surface area contributed by atoms with Crippen molar-refractivity contribution in [3.8, 4) is 0 Å². The summed E-state index contributed by atoms with van der Waals surface area (Å²) in [6.07, 6.45) is 1.65. The van der Waals surface area contributed by atoms with Crippen molar-refractivity contribution in [1.29, 1.82) is 0 Å². The van der Waals surface area contributed by atoms with Crippen molar-refractivity contribution in [1.82, 2.24) is 0 Å². The van der Waals surface area contributed by atoms with Gasteiger partial charge in [-0.25, -0.2) is 4.79 Å². The maximum Gasteiger partial charge on any atom is 0.508 e. The normalized spacial score (nSPS) is 44.5. The van der Waals surface area contributed by atoms with Gasteiger partial charge in [-0.05, 0) is 12.3 Å². The first-order chi connectivity index (χ1) is 4.75. The van der Waals surface area contributed by atoms with E-state index >= 15 is 0 Å². The zero-order chi connectivity index (χ0) is 7.14. The van der Waals surface area contributed by atoms with Gasteiger partial charge in [0, 0.05) is 6.42 Å². The lowest BCUT2D eigenvalue weighted by atomic mass is 10.1. The molecule has 0 N–H and O–H groups in total. The fraction of sp³-hybridized carbons (Fsp3) is 0.857. The fourth-order valence-electron chi connectivity index (χ4n) is 1.70. The van der Waals surface area contributed by atoms with E-state index in [0.717, 1.165) is 12.8 Å². The Labute approximate surface area is 59.3 Å². The molecule has 0 spiro atoms. The van der Waals surface area contributed by atoms with Crippen molar-refractivity contribution >= 4 is 6.16 Å². The number of ether oxygens (including phenoxy) is 2. The van der Waals surface area contributed by atoms with Crippen LogP contribution in [-0.4, -0.2) is 18.4 Å². The summed E-state index contributed by atoms with van der Waals surface area (Å²) in [5.74, 6) is 0.483. The summed E-state index contributed by atoms with van der Waals surface area (Å²) in [4.78, 5) is 10.6. The third kappa shape index (κ3) is 0.770. The highest BCUT2D eigenvalue weighted by atomic mass is 16.7. The van der Waals surface area contributed by atoms with Crippen LogP contribution in [0.25, 0.3) is 0 Å². The number of fused-ring (bicyclic) bond motifs is 2. The molecule has 1 saturated carbocycles. The monoisotopic (exact) mass is 142 g/mol. The van der Waals surface area contributed by atoms with E-state index in [-0.39, 0.29) is 12.2 Å². The molecule has 10 heavy (non-hydrogen) atoms. The lowest BCUT2D eigenvalue weighted by Crippen LogP contribution is -2.27. The van der Waals surface area contributed by atoms with E-state index in [1.54, 1.807) is 0 Å². The van der Waals surface area contributed by atoms with E-state index in [0.29, 0.717) is 5.92 Å². The van der Waals surface area contributed by atoms with Gasteiger partial charge in [0.05, 0.1) is 0 Å². The van der Waals surface area contributed by atoms with E-state index in [1.807, 2.05) is 0 Å². The Balaban J connectivity index is 2.13. The average molecular weight is 142 g/mol. The first-order valence-corrected chi connectivity index (χ1v) is 3.63. The molecule has 0 aromatic carbocycles. The molecule has 2 aliphatic rings. The summed E-state index contributed by atoms with van der Waals surface area (Å²) in [7, 11) is 0. The number of carbonyl (C=O) groups excluding carboxylic acids is 1. The molecule has 3 nitrogen and oxygen atoms in total. The van der Waals surface area contributed by atoms with Gasteiger partial charge in [0.25, 0.3) is 0 Å². The summed E-state index contributed by atoms with van der Waals surface area (Å²) in [6, 6.07) is 0. The van der Waals surface area contributed by atoms with Crippen molar-refractivity contribution < 1.29 is 14.3 Å². The Kier molecular flexibility index (Phi) is 1.13. The minimum Gasteiger partial charge on any atom is -0.431 e. The summed E-state index contributed by atoms with van der Waals surface area (Å²) >= 11 is 0. The zero-order valence-electron chi connectivity index (χ0n) is 5.87. The predicted molar refractivity (Wildman–Crippen MR) is 33.5 cm³/mol. The zero-order valence-corrected chi connectivity index (χ0v) is 5.87. The fourth-order valence-corrected chi connectivity index (χ4v) is 1.70. The van der Waals surface area contributed by atoms with Crippen LogP contribution in [0.3, 0.4) is 0 Å². The molecule has 0 radical (unpaired) electrons. The van der Waals surface area contributed by atoms with E-state index in [4.69, 9.17) is 9.47 Å². The van der Waals surface area contributed by atoms with Gasteiger partial charge < -0.3 is 9.47 Å². The van der Waals surface area contributed by atoms with Crippen LogP contribution in [0, 0.1) is 5.92 Å². The molecular weight excluding hydrogens is 132 g/mol. The van der Waals surface area contributed by atoms with Crippen molar-refractivity contribution in [3.05, 3.63) is 0 Å². The SMILES string of the molecule is CC1CC2CC1OC(=O)O2. The van der Waals surface area contributed by atoms with Crippen LogP contribution in [0.2, 0.25) is 0 Å². The molecule has 2 bridgehead atoms. The maximum absolute atomic E-state index is 10.6. The Bertz CT molecular complexity index is 164. The minimum atomic E-state index is -0.481. The summed E-state index contributed by atoms with van der Waals surface area (Å²) < 4.78 is 9.81. The number of hydrogen-bond donors (Lipinski definition) is 0. The van der Waals surface area contributed by atoms with Gasteiger partial charge in [0.2, 0.25) is 0 Å². The molecule has 3 heteroatoms. The number of carbonyl (C=O) groups is 1. The topological polar surface area (TPSA) is 35.5 Å². The highest BCUT2D eigenvalue weighted by molar-refractivity contribution is 5.61. The lowest BCUT2D eigenvalue weighted by molar-refractivity contribution is -0.0319. The third-order valence-electron chi connectivity index (χ3n) is 2.28. The second kappa shape index (κ2) is 1.87. The van der Waals surface area contributed by atoms with Crippen molar-refractivity contribution in [3.63, 3.8) is 0 Å². The quantitative estimate of drug-likeness (QED) is 0.478. The Morgan fingerprint density at radius 2 is 2.20 bits per heavy atom. The molecule has 3 atom stereocenters. The summed E-state index contributed by atoms with van der Waals surface area (Å²) in [6.45, 7) is 2.09. The number of hydrogen-bond acceptors (Lipinski definition) is 3. The summed E-state index contributed by atoms with van der Waals surface area (Å²) in [5.41, 5.74) is 0. The highest BCUT2D eigenvalue weighted by Crippen LogP contribution is 2.34. The van der Waals surface area contributed by atoms with E-state index in [2.05, 4.69) is 6.92 Å². The summed E-state index contributed by atoms with van der Waals surface area (Å²) in [5, 5.41) is 0. The molecule has 3 unspecified atom stereocenters. The average Bonchev–Trinajstić information content (AvgIpc) is 2.07. The van der Waals surface area contributed by atoms with Crippen LogP contribution in [-0.2, 0) is 9.47 Å². The molecule has 56 valence electrons. The van der Waals surface area contributed by atoms with Gasteiger partial charge in [-0.1, -0.05) is 6.92 Å². The molecule has 1 heterocycles. The molecule has 2 fully saturated rings. The highest BCUT2D eigenvalue weighted by Gasteiger charge is 2.41. The van der Waals surface area contributed by atoms with Crippen LogP contribution < -0.4 is 0 Å². The van der Waals surface area contributed by atoms with Crippen LogP contribution in [0.4, 0.5) is 4.79 Å². The smallest absolute Gasteiger partial charge is 0.431 e. The molecule has 1 aliphatic carbocycles. The molecule has 1 saturated heterocycles. The first-order valence-electron chi connectivity index (χ1n) is 3.63. The lowest BCUT2D eigenvalue weighted by Gasteiger charge is -2.20. The van der Waals surface area contributed by atoms with Crippen LogP contribution in [0.5, 0.6) is 0 Å². The molecule has 1 aliphatic heterocycles.